The summed E-state index contributed by atoms with van der Waals surface area (Å²) >= 11 is 0. The fraction of sp³-hybridized carbons (Fsp3) is 0.556. The van der Waals surface area contributed by atoms with Crippen LogP contribution in [-0.4, -0.2) is 11.2 Å². The van der Waals surface area contributed by atoms with Crippen molar-refractivity contribution in [3.05, 3.63) is 18.0 Å². The minimum Gasteiger partial charge on any atom is -0.492 e. The van der Waals surface area contributed by atoms with E-state index in [-0.39, 0.29) is 0 Å². The maximum Gasteiger partial charge on any atom is 0.140 e. The van der Waals surface area contributed by atoms with Gasteiger partial charge < -0.3 is 9.30 Å². The third-order valence-electron chi connectivity index (χ3n) is 1.79. The number of aryl methyl sites for hydroxylation is 1. The standard InChI is InChI=1S/C9H15NO/c1-4-8-9(11-5-2)6-7-10(8)3/h6-7H,4-5H2,1-3H3. The molecular formula is C9H15NO. The molecule has 2 nitrogen and oxygen atoms in total. The highest BCUT2D eigenvalue weighted by molar-refractivity contribution is 5.29. The molecule has 0 aliphatic heterocycles. The van der Waals surface area contributed by atoms with Crippen LogP contribution >= 0.6 is 0 Å². The molecule has 0 saturated heterocycles. The van der Waals surface area contributed by atoms with Crippen molar-refractivity contribution in [2.24, 2.45) is 7.05 Å². The van der Waals surface area contributed by atoms with Gasteiger partial charge in [-0.3, -0.25) is 0 Å². The van der Waals surface area contributed by atoms with Gasteiger partial charge in [-0.15, -0.1) is 0 Å². The summed E-state index contributed by atoms with van der Waals surface area (Å²) in [4.78, 5) is 0. The summed E-state index contributed by atoms with van der Waals surface area (Å²) in [5, 5.41) is 0. The van der Waals surface area contributed by atoms with Gasteiger partial charge in [0, 0.05) is 13.2 Å². The molecule has 0 atom stereocenters. The van der Waals surface area contributed by atoms with Crippen molar-refractivity contribution in [1.82, 2.24) is 4.57 Å². The highest BCUT2D eigenvalue weighted by atomic mass is 16.5. The molecule has 0 fully saturated rings. The van der Waals surface area contributed by atoms with Crippen molar-refractivity contribution in [3.63, 3.8) is 0 Å². The first-order valence-electron chi connectivity index (χ1n) is 4.06. The van der Waals surface area contributed by atoms with Gasteiger partial charge in [0.05, 0.1) is 12.3 Å². The molecule has 2 heteroatoms. The average Bonchev–Trinajstić information content (AvgIpc) is 2.33. The zero-order valence-corrected chi connectivity index (χ0v) is 7.42. The molecule has 62 valence electrons. The maximum atomic E-state index is 5.43. The number of aromatic nitrogens is 1. The van der Waals surface area contributed by atoms with E-state index in [0.29, 0.717) is 0 Å². The summed E-state index contributed by atoms with van der Waals surface area (Å²) in [6.45, 7) is 4.89. The van der Waals surface area contributed by atoms with Crippen molar-refractivity contribution < 1.29 is 4.74 Å². The molecule has 1 rings (SSSR count). The van der Waals surface area contributed by atoms with Crippen LogP contribution in [0, 0.1) is 0 Å². The first kappa shape index (κ1) is 8.18. The molecule has 0 amide bonds. The molecule has 0 aliphatic rings. The van der Waals surface area contributed by atoms with Crippen LogP contribution in [0.4, 0.5) is 0 Å². The molecule has 1 heterocycles. The Labute approximate surface area is 67.8 Å². The van der Waals surface area contributed by atoms with Crippen molar-refractivity contribution in [2.75, 3.05) is 6.61 Å². The SMILES string of the molecule is CCOc1ccn(C)c1CC. The lowest BCUT2D eigenvalue weighted by atomic mass is 10.3. The molecule has 0 aromatic carbocycles. The van der Waals surface area contributed by atoms with Gasteiger partial charge in [0.25, 0.3) is 0 Å². The summed E-state index contributed by atoms with van der Waals surface area (Å²) < 4.78 is 7.53. The Kier molecular flexibility index (Phi) is 2.58. The predicted molar refractivity (Wildman–Crippen MR) is 46.0 cm³/mol. The van der Waals surface area contributed by atoms with Gasteiger partial charge in [0.15, 0.2) is 0 Å². The summed E-state index contributed by atoms with van der Waals surface area (Å²) in [6, 6.07) is 2.02. The second-order valence-corrected chi connectivity index (χ2v) is 2.52. The van der Waals surface area contributed by atoms with Gasteiger partial charge in [0.2, 0.25) is 0 Å². The van der Waals surface area contributed by atoms with Crippen LogP contribution in [0.2, 0.25) is 0 Å². The Morgan fingerprint density at radius 3 is 2.73 bits per heavy atom. The summed E-state index contributed by atoms with van der Waals surface area (Å²) in [7, 11) is 2.04. The molecular weight excluding hydrogens is 138 g/mol. The lowest BCUT2D eigenvalue weighted by Crippen LogP contribution is -1.97. The van der Waals surface area contributed by atoms with Crippen LogP contribution in [0.5, 0.6) is 5.75 Å². The first-order chi connectivity index (χ1) is 5.29. The highest BCUT2D eigenvalue weighted by Gasteiger charge is 2.03. The Bertz CT molecular complexity index is 227. The van der Waals surface area contributed by atoms with E-state index in [0.717, 1.165) is 18.8 Å². The third kappa shape index (κ3) is 1.56. The Morgan fingerprint density at radius 1 is 1.45 bits per heavy atom. The van der Waals surface area contributed by atoms with Gasteiger partial charge in [-0.05, 0) is 19.4 Å². The molecule has 0 bridgehead atoms. The van der Waals surface area contributed by atoms with Gasteiger partial charge in [-0.25, -0.2) is 0 Å². The van der Waals surface area contributed by atoms with Crippen LogP contribution < -0.4 is 4.74 Å². The minimum absolute atomic E-state index is 0.747. The fourth-order valence-electron chi connectivity index (χ4n) is 1.25. The summed E-state index contributed by atoms with van der Waals surface area (Å²) in [5.74, 6) is 1.03. The molecule has 0 N–H and O–H groups in total. The lowest BCUT2D eigenvalue weighted by Gasteiger charge is -2.04. The smallest absolute Gasteiger partial charge is 0.140 e. The molecule has 11 heavy (non-hydrogen) atoms. The molecule has 1 aromatic heterocycles. The summed E-state index contributed by atoms with van der Waals surface area (Å²) in [6.07, 6.45) is 3.06. The van der Waals surface area contributed by atoms with E-state index in [1.165, 1.54) is 5.69 Å². The normalized spacial score (nSPS) is 10.1. The van der Waals surface area contributed by atoms with E-state index >= 15 is 0 Å². The van der Waals surface area contributed by atoms with Gasteiger partial charge in [-0.2, -0.15) is 0 Å². The maximum absolute atomic E-state index is 5.43. The van der Waals surface area contributed by atoms with Gasteiger partial charge >= 0.3 is 0 Å². The zero-order chi connectivity index (χ0) is 8.27. The lowest BCUT2D eigenvalue weighted by molar-refractivity contribution is 0.336. The van der Waals surface area contributed by atoms with E-state index in [9.17, 15) is 0 Å². The number of hydrogen-bond acceptors (Lipinski definition) is 1. The second kappa shape index (κ2) is 3.46. The van der Waals surface area contributed by atoms with E-state index in [1.807, 2.05) is 26.2 Å². The van der Waals surface area contributed by atoms with Gasteiger partial charge in [0.1, 0.15) is 5.75 Å². The topological polar surface area (TPSA) is 14.2 Å². The van der Waals surface area contributed by atoms with Crippen LogP contribution in [0.3, 0.4) is 0 Å². The van der Waals surface area contributed by atoms with Crippen molar-refractivity contribution >= 4 is 0 Å². The largest absolute Gasteiger partial charge is 0.492 e. The molecule has 1 aromatic rings. The third-order valence-corrected chi connectivity index (χ3v) is 1.79. The summed E-state index contributed by atoms with van der Waals surface area (Å²) in [5.41, 5.74) is 1.27. The minimum atomic E-state index is 0.747. The van der Waals surface area contributed by atoms with Crippen molar-refractivity contribution in [2.45, 2.75) is 20.3 Å². The van der Waals surface area contributed by atoms with Crippen molar-refractivity contribution in [1.29, 1.82) is 0 Å². The molecule has 0 aliphatic carbocycles. The first-order valence-corrected chi connectivity index (χ1v) is 4.06. The highest BCUT2D eigenvalue weighted by Crippen LogP contribution is 2.19. The molecule has 0 spiro atoms. The monoisotopic (exact) mass is 153 g/mol. The Morgan fingerprint density at radius 2 is 2.18 bits per heavy atom. The number of hydrogen-bond donors (Lipinski definition) is 0. The van der Waals surface area contributed by atoms with Crippen LogP contribution in [0.1, 0.15) is 19.5 Å². The van der Waals surface area contributed by atoms with E-state index < -0.39 is 0 Å². The van der Waals surface area contributed by atoms with Crippen LogP contribution in [0.15, 0.2) is 12.3 Å². The predicted octanol–water partition coefficient (Wildman–Crippen LogP) is 1.99. The van der Waals surface area contributed by atoms with Crippen LogP contribution in [-0.2, 0) is 13.5 Å². The molecule has 0 radical (unpaired) electrons. The van der Waals surface area contributed by atoms with Gasteiger partial charge in [-0.1, -0.05) is 6.92 Å². The van der Waals surface area contributed by atoms with E-state index in [4.69, 9.17) is 4.74 Å². The zero-order valence-electron chi connectivity index (χ0n) is 7.42. The van der Waals surface area contributed by atoms with E-state index in [1.54, 1.807) is 0 Å². The van der Waals surface area contributed by atoms with Crippen LogP contribution in [0.25, 0.3) is 0 Å². The number of nitrogens with zero attached hydrogens (tertiary/aromatic N) is 1. The second-order valence-electron chi connectivity index (χ2n) is 2.52. The molecule has 0 saturated carbocycles. The quantitative estimate of drug-likeness (QED) is 0.647. The Balaban J connectivity index is 2.86. The number of rotatable bonds is 3. The number of ether oxygens (including phenoxy) is 1. The Hall–Kier alpha value is -0.920. The van der Waals surface area contributed by atoms with E-state index in [2.05, 4.69) is 11.5 Å². The average molecular weight is 153 g/mol. The molecule has 0 unspecified atom stereocenters. The van der Waals surface area contributed by atoms with Crippen molar-refractivity contribution in [3.8, 4) is 5.75 Å². The fourth-order valence-corrected chi connectivity index (χ4v) is 1.25.